The molecular formula is C23H32N4O3. The first kappa shape index (κ1) is 21.8. The second-order valence-corrected chi connectivity index (χ2v) is 7.32. The van der Waals surface area contributed by atoms with Gasteiger partial charge in [-0.25, -0.2) is 4.99 Å². The van der Waals surface area contributed by atoms with Crippen molar-refractivity contribution in [3.8, 4) is 17.2 Å². The Morgan fingerprint density at radius 3 is 2.77 bits per heavy atom. The highest BCUT2D eigenvalue weighted by molar-refractivity contribution is 5.79. The fraction of sp³-hybridized carbons (Fsp3) is 0.435. The van der Waals surface area contributed by atoms with Crippen LogP contribution in [0.2, 0.25) is 0 Å². The summed E-state index contributed by atoms with van der Waals surface area (Å²) in [6.07, 6.45) is 0.866. The fourth-order valence-corrected chi connectivity index (χ4v) is 3.04. The fourth-order valence-electron chi connectivity index (χ4n) is 3.04. The van der Waals surface area contributed by atoms with Crippen molar-refractivity contribution in [2.75, 3.05) is 47.1 Å². The first-order chi connectivity index (χ1) is 14.7. The lowest BCUT2D eigenvalue weighted by molar-refractivity contribution is 0.174. The smallest absolute Gasteiger partial charge is 0.231 e. The summed E-state index contributed by atoms with van der Waals surface area (Å²) in [6, 6.07) is 14.1. The van der Waals surface area contributed by atoms with E-state index >= 15 is 0 Å². The van der Waals surface area contributed by atoms with E-state index in [9.17, 15) is 0 Å². The van der Waals surface area contributed by atoms with Crippen LogP contribution in [-0.2, 0) is 13.0 Å². The second-order valence-electron chi connectivity index (χ2n) is 7.32. The molecule has 0 radical (unpaired) electrons. The van der Waals surface area contributed by atoms with Crippen LogP contribution in [0.15, 0.2) is 47.5 Å². The second kappa shape index (κ2) is 11.3. The molecular weight excluding hydrogens is 380 g/mol. The zero-order valence-electron chi connectivity index (χ0n) is 18.1. The van der Waals surface area contributed by atoms with Crippen LogP contribution in [0.4, 0.5) is 0 Å². The monoisotopic (exact) mass is 412 g/mol. The Labute approximate surface area is 179 Å². The molecule has 2 N–H and O–H groups in total. The molecule has 0 spiro atoms. The van der Waals surface area contributed by atoms with Crippen molar-refractivity contribution in [1.82, 2.24) is 15.5 Å². The number of fused-ring (bicyclic) bond motifs is 1. The number of nitrogens with zero attached hydrogens (tertiary/aromatic N) is 2. The first-order valence-corrected chi connectivity index (χ1v) is 10.4. The number of ether oxygens (including phenoxy) is 3. The van der Waals surface area contributed by atoms with E-state index in [-0.39, 0.29) is 0 Å². The lowest BCUT2D eigenvalue weighted by atomic mass is 10.1. The molecule has 0 atom stereocenters. The van der Waals surface area contributed by atoms with Gasteiger partial charge in [-0.05, 0) is 51.2 Å². The molecule has 7 nitrogen and oxygen atoms in total. The van der Waals surface area contributed by atoms with Gasteiger partial charge in [-0.3, -0.25) is 0 Å². The van der Waals surface area contributed by atoms with E-state index in [1.54, 1.807) is 0 Å². The molecule has 1 heterocycles. The van der Waals surface area contributed by atoms with Gasteiger partial charge in [0.1, 0.15) is 12.4 Å². The third-order valence-electron chi connectivity index (χ3n) is 4.66. The maximum atomic E-state index is 5.94. The number of likely N-dealkylation sites (N-methyl/N-ethyl adjacent to an activating group) is 1. The average molecular weight is 413 g/mol. The summed E-state index contributed by atoms with van der Waals surface area (Å²) in [6.45, 7) is 6.02. The number of guanidine groups is 1. The molecule has 2 aromatic carbocycles. The Hall–Kier alpha value is -2.93. The molecule has 7 heteroatoms. The van der Waals surface area contributed by atoms with Crippen LogP contribution in [0.1, 0.15) is 18.1 Å². The maximum absolute atomic E-state index is 5.94. The molecule has 30 heavy (non-hydrogen) atoms. The predicted octanol–water partition coefficient (Wildman–Crippen LogP) is 2.65. The summed E-state index contributed by atoms with van der Waals surface area (Å²) in [5.74, 6) is 3.31. The number of aliphatic imine (C=N–C) groups is 1. The third kappa shape index (κ3) is 6.56. The summed E-state index contributed by atoms with van der Waals surface area (Å²) in [5, 5.41) is 6.71. The van der Waals surface area contributed by atoms with Crippen LogP contribution in [0.25, 0.3) is 0 Å². The largest absolute Gasteiger partial charge is 0.492 e. The van der Waals surface area contributed by atoms with Crippen molar-refractivity contribution in [2.24, 2.45) is 4.99 Å². The summed E-state index contributed by atoms with van der Waals surface area (Å²) in [7, 11) is 4.08. The van der Waals surface area contributed by atoms with E-state index in [4.69, 9.17) is 19.2 Å². The molecule has 2 aromatic rings. The van der Waals surface area contributed by atoms with Gasteiger partial charge in [0.15, 0.2) is 17.5 Å². The predicted molar refractivity (Wildman–Crippen MR) is 120 cm³/mol. The highest BCUT2D eigenvalue weighted by atomic mass is 16.7. The summed E-state index contributed by atoms with van der Waals surface area (Å²) < 4.78 is 16.8. The van der Waals surface area contributed by atoms with E-state index in [1.807, 2.05) is 44.4 Å². The van der Waals surface area contributed by atoms with E-state index in [1.165, 1.54) is 5.56 Å². The molecule has 0 unspecified atom stereocenters. The molecule has 1 aliphatic heterocycles. The quantitative estimate of drug-likeness (QED) is 0.462. The van der Waals surface area contributed by atoms with Crippen LogP contribution in [-0.4, -0.2) is 58.0 Å². The minimum Gasteiger partial charge on any atom is -0.492 e. The van der Waals surface area contributed by atoms with Crippen LogP contribution in [0.3, 0.4) is 0 Å². The van der Waals surface area contributed by atoms with Crippen molar-refractivity contribution in [3.63, 3.8) is 0 Å². The van der Waals surface area contributed by atoms with Gasteiger partial charge in [0, 0.05) is 25.2 Å². The van der Waals surface area contributed by atoms with Gasteiger partial charge in [-0.1, -0.05) is 24.3 Å². The summed E-state index contributed by atoms with van der Waals surface area (Å²) >= 11 is 0. The van der Waals surface area contributed by atoms with Gasteiger partial charge < -0.3 is 29.7 Å². The summed E-state index contributed by atoms with van der Waals surface area (Å²) in [4.78, 5) is 6.84. The van der Waals surface area contributed by atoms with Gasteiger partial charge in [0.25, 0.3) is 0 Å². The first-order valence-electron chi connectivity index (χ1n) is 10.4. The lowest BCUT2D eigenvalue weighted by Gasteiger charge is -2.14. The molecule has 0 amide bonds. The van der Waals surface area contributed by atoms with Gasteiger partial charge in [0.2, 0.25) is 6.79 Å². The normalized spacial score (nSPS) is 12.9. The Kier molecular flexibility index (Phi) is 8.20. The number of para-hydroxylation sites is 1. The molecule has 0 fully saturated rings. The van der Waals surface area contributed by atoms with Crippen LogP contribution >= 0.6 is 0 Å². The average Bonchev–Trinajstić information content (AvgIpc) is 3.20. The van der Waals surface area contributed by atoms with E-state index < -0.39 is 0 Å². The van der Waals surface area contributed by atoms with Gasteiger partial charge >= 0.3 is 0 Å². The van der Waals surface area contributed by atoms with Crippen LogP contribution in [0.5, 0.6) is 17.2 Å². The topological polar surface area (TPSA) is 67.4 Å². The van der Waals surface area contributed by atoms with Gasteiger partial charge in [-0.2, -0.15) is 0 Å². The zero-order chi connectivity index (χ0) is 21.2. The SMILES string of the molecule is CCNC(=NCc1ccccc1OCCN(C)C)NCCc1ccc2c(c1)OCO2. The molecule has 0 aliphatic carbocycles. The molecule has 162 valence electrons. The minimum atomic E-state index is 0.300. The molecule has 0 aromatic heterocycles. The maximum Gasteiger partial charge on any atom is 0.231 e. The van der Waals surface area contributed by atoms with E-state index in [0.29, 0.717) is 19.9 Å². The molecule has 0 bridgehead atoms. The number of rotatable bonds is 10. The molecule has 0 saturated carbocycles. The number of hydrogen-bond acceptors (Lipinski definition) is 5. The summed E-state index contributed by atoms with van der Waals surface area (Å²) in [5.41, 5.74) is 2.27. The van der Waals surface area contributed by atoms with E-state index in [0.717, 1.165) is 54.8 Å². The molecule has 0 saturated heterocycles. The Balaban J connectivity index is 1.54. The highest BCUT2D eigenvalue weighted by Gasteiger charge is 2.13. The van der Waals surface area contributed by atoms with Crippen LogP contribution in [0, 0.1) is 0 Å². The molecule has 3 rings (SSSR count). The van der Waals surface area contributed by atoms with Crippen molar-refractivity contribution >= 4 is 5.96 Å². The number of benzene rings is 2. The van der Waals surface area contributed by atoms with Gasteiger partial charge in [0.05, 0.1) is 6.54 Å². The lowest BCUT2D eigenvalue weighted by Crippen LogP contribution is -2.38. The minimum absolute atomic E-state index is 0.300. The number of hydrogen-bond donors (Lipinski definition) is 2. The zero-order valence-corrected chi connectivity index (χ0v) is 18.1. The van der Waals surface area contributed by atoms with Crippen molar-refractivity contribution in [1.29, 1.82) is 0 Å². The van der Waals surface area contributed by atoms with Crippen molar-refractivity contribution in [3.05, 3.63) is 53.6 Å². The van der Waals surface area contributed by atoms with Crippen LogP contribution < -0.4 is 24.8 Å². The Bertz CT molecular complexity index is 839. The molecule has 1 aliphatic rings. The highest BCUT2D eigenvalue weighted by Crippen LogP contribution is 2.32. The number of nitrogens with one attached hydrogen (secondary N) is 2. The van der Waals surface area contributed by atoms with Crippen molar-refractivity contribution < 1.29 is 14.2 Å². The Morgan fingerprint density at radius 2 is 1.93 bits per heavy atom. The third-order valence-corrected chi connectivity index (χ3v) is 4.66. The Morgan fingerprint density at radius 1 is 1.10 bits per heavy atom. The standard InChI is InChI=1S/C23H32N4O3/c1-4-24-23(25-12-11-18-9-10-21-22(15-18)30-17-29-21)26-16-19-7-5-6-8-20(19)28-14-13-27(2)3/h5-10,15H,4,11-14,16-17H2,1-3H3,(H2,24,25,26). The van der Waals surface area contributed by atoms with Gasteiger partial charge in [-0.15, -0.1) is 0 Å². The van der Waals surface area contributed by atoms with Crippen molar-refractivity contribution in [2.45, 2.75) is 19.9 Å². The van der Waals surface area contributed by atoms with E-state index in [2.05, 4.69) is 34.6 Å².